The molecular weight excluding hydrogens is 820 g/mol. The molecule has 0 radical (unpaired) electrons. The van der Waals surface area contributed by atoms with Crippen LogP contribution in [0.15, 0.2) is 89.9 Å². The summed E-state index contributed by atoms with van der Waals surface area (Å²) in [6, 6.07) is 15.8. The lowest BCUT2D eigenvalue weighted by Crippen LogP contribution is -2.35. The number of methoxy groups -OCH3 is 1. The number of carbonyl (C=O) groups is 1. The molecule has 0 aliphatic rings. The SMILES string of the molecule is COc1ccc(CN(c2nn(C)c3c(-n4c([C@H](Cc5cc(F)cc(F)c5)NC(=O)O)nc5cc(-c6nccc(C(F)F)n6)ccc5c4=O)ccc(Cl)c23)S(C)(=O)=O)cc1. The monoisotopic (exact) mass is 850 g/mol. The van der Waals surface area contributed by atoms with Gasteiger partial charge in [-0.25, -0.2) is 50.0 Å². The number of nitrogens with one attached hydrogen (secondary N) is 1. The largest absolute Gasteiger partial charge is 0.497 e. The maximum absolute atomic E-state index is 14.8. The summed E-state index contributed by atoms with van der Waals surface area (Å²) in [7, 11) is -1.08. The van der Waals surface area contributed by atoms with Gasteiger partial charge in [-0.05, 0) is 65.7 Å². The minimum absolute atomic E-state index is 0.000454. The topological polar surface area (TPSA) is 174 Å². The highest BCUT2D eigenvalue weighted by Gasteiger charge is 2.30. The van der Waals surface area contributed by atoms with Crippen LogP contribution in [0.5, 0.6) is 5.75 Å². The minimum atomic E-state index is -4.05. The van der Waals surface area contributed by atoms with Gasteiger partial charge in [0.15, 0.2) is 11.6 Å². The number of hydrogen-bond donors (Lipinski definition) is 2. The molecule has 3 heterocycles. The number of aryl methyl sites for hydroxylation is 1. The van der Waals surface area contributed by atoms with Crippen molar-refractivity contribution in [2.45, 2.75) is 25.4 Å². The van der Waals surface area contributed by atoms with Crippen molar-refractivity contribution in [1.82, 2.24) is 34.6 Å². The zero-order valence-electron chi connectivity index (χ0n) is 31.1. The van der Waals surface area contributed by atoms with Crippen molar-refractivity contribution in [3.63, 3.8) is 0 Å². The molecule has 20 heteroatoms. The van der Waals surface area contributed by atoms with E-state index in [-0.39, 0.29) is 67.7 Å². The molecule has 0 bridgehead atoms. The standard InChI is InChI=1S/C39H31ClF4N8O6S/c1-50-33-31(11-10-27(40)32(33)37(49-50)51(59(3,56)57)19-20-4-7-25(58-2)8-5-20)52-36(30(48-39(54)55)16-21-14-23(41)18-24(42)15-21)47-29-17-22(6-9-26(29)38(52)53)35-45-13-12-28(46-35)34(43)44/h4-15,17-18,30,34,48H,16,19H2,1-3H3,(H,54,55)/t30-/m0/s1. The highest BCUT2D eigenvalue weighted by Crippen LogP contribution is 2.38. The van der Waals surface area contributed by atoms with E-state index in [9.17, 15) is 40.7 Å². The lowest BCUT2D eigenvalue weighted by atomic mass is 10.0. The molecule has 1 atom stereocenters. The van der Waals surface area contributed by atoms with E-state index in [1.165, 1.54) is 49.2 Å². The van der Waals surface area contributed by atoms with E-state index in [0.29, 0.717) is 17.4 Å². The van der Waals surface area contributed by atoms with Gasteiger partial charge in [-0.15, -0.1) is 0 Å². The predicted molar refractivity (Wildman–Crippen MR) is 211 cm³/mol. The van der Waals surface area contributed by atoms with Crippen molar-refractivity contribution in [2.24, 2.45) is 7.05 Å². The molecule has 0 saturated heterocycles. The van der Waals surface area contributed by atoms with Gasteiger partial charge < -0.3 is 15.2 Å². The number of carboxylic acid groups (broad SMARTS) is 1. The number of rotatable bonds is 12. The van der Waals surface area contributed by atoms with Crippen molar-refractivity contribution in [3.05, 3.63) is 135 Å². The molecular formula is C39H31ClF4N8O6S. The quantitative estimate of drug-likeness (QED) is 0.121. The Morgan fingerprint density at radius 2 is 1.69 bits per heavy atom. The highest BCUT2D eigenvalue weighted by atomic mass is 35.5. The Morgan fingerprint density at radius 1 is 0.983 bits per heavy atom. The zero-order chi connectivity index (χ0) is 42.3. The number of aromatic nitrogens is 6. The lowest BCUT2D eigenvalue weighted by Gasteiger charge is -2.23. The van der Waals surface area contributed by atoms with Gasteiger partial charge >= 0.3 is 6.09 Å². The van der Waals surface area contributed by atoms with Crippen LogP contribution in [-0.4, -0.2) is 62.3 Å². The molecule has 0 spiro atoms. The van der Waals surface area contributed by atoms with E-state index in [1.54, 1.807) is 24.3 Å². The Bertz CT molecular complexity index is 2930. The summed E-state index contributed by atoms with van der Waals surface area (Å²) >= 11 is 6.81. The van der Waals surface area contributed by atoms with Gasteiger partial charge in [0.25, 0.3) is 12.0 Å². The van der Waals surface area contributed by atoms with E-state index in [4.69, 9.17) is 21.3 Å². The number of benzene rings is 4. The van der Waals surface area contributed by atoms with Gasteiger partial charge in [-0.2, -0.15) is 5.10 Å². The maximum atomic E-state index is 14.8. The number of alkyl halides is 2. The number of sulfonamides is 1. The molecule has 304 valence electrons. The Hall–Kier alpha value is -6.60. The molecule has 3 aromatic heterocycles. The van der Waals surface area contributed by atoms with Crippen molar-refractivity contribution >= 4 is 55.3 Å². The van der Waals surface area contributed by atoms with E-state index >= 15 is 0 Å². The average molecular weight is 851 g/mol. The molecule has 0 aliphatic heterocycles. The summed E-state index contributed by atoms with van der Waals surface area (Å²) in [5.41, 5.74) is -0.447. The van der Waals surface area contributed by atoms with Crippen molar-refractivity contribution < 1.29 is 40.6 Å². The number of hydrogen-bond acceptors (Lipinski definition) is 9. The average Bonchev–Trinajstić information content (AvgIpc) is 3.53. The lowest BCUT2D eigenvalue weighted by molar-refractivity contribution is 0.146. The molecule has 0 aliphatic carbocycles. The summed E-state index contributed by atoms with van der Waals surface area (Å²) in [5, 5.41) is 17.0. The smallest absolute Gasteiger partial charge is 0.405 e. The third-order valence-electron chi connectivity index (χ3n) is 9.29. The van der Waals surface area contributed by atoms with Crippen molar-refractivity contribution in [1.29, 1.82) is 0 Å². The first-order valence-electron chi connectivity index (χ1n) is 17.4. The molecule has 59 heavy (non-hydrogen) atoms. The van der Waals surface area contributed by atoms with Crippen LogP contribution in [-0.2, 0) is 30.0 Å². The second-order valence-corrected chi connectivity index (χ2v) is 15.6. The molecule has 0 saturated carbocycles. The maximum Gasteiger partial charge on any atom is 0.405 e. The molecule has 0 fully saturated rings. The van der Waals surface area contributed by atoms with Gasteiger partial charge in [0.1, 0.15) is 28.9 Å². The van der Waals surface area contributed by atoms with Gasteiger partial charge in [-0.1, -0.05) is 29.8 Å². The number of halogens is 5. The van der Waals surface area contributed by atoms with Crippen LogP contribution in [0.3, 0.4) is 0 Å². The van der Waals surface area contributed by atoms with E-state index in [0.717, 1.165) is 39.5 Å². The Kier molecular flexibility index (Phi) is 11.0. The third-order valence-corrected chi connectivity index (χ3v) is 10.7. The number of anilines is 1. The number of ether oxygens (including phenoxy) is 1. The molecule has 4 aromatic carbocycles. The van der Waals surface area contributed by atoms with Crippen LogP contribution < -0.4 is 19.9 Å². The van der Waals surface area contributed by atoms with Crippen LogP contribution in [0.1, 0.15) is 35.1 Å². The van der Waals surface area contributed by atoms with Crippen LogP contribution in [0.2, 0.25) is 5.02 Å². The highest BCUT2D eigenvalue weighted by molar-refractivity contribution is 7.92. The van der Waals surface area contributed by atoms with Gasteiger partial charge in [0.2, 0.25) is 10.0 Å². The van der Waals surface area contributed by atoms with Crippen LogP contribution in [0, 0.1) is 11.6 Å². The minimum Gasteiger partial charge on any atom is -0.497 e. The Morgan fingerprint density at radius 3 is 2.34 bits per heavy atom. The fourth-order valence-corrected chi connectivity index (χ4v) is 7.76. The summed E-state index contributed by atoms with van der Waals surface area (Å²) in [4.78, 5) is 39.9. The molecule has 2 N–H and O–H groups in total. The molecule has 14 nitrogen and oxygen atoms in total. The number of fused-ring (bicyclic) bond motifs is 2. The van der Waals surface area contributed by atoms with Gasteiger partial charge in [0.05, 0.1) is 58.5 Å². The van der Waals surface area contributed by atoms with Gasteiger partial charge in [0, 0.05) is 31.3 Å². The van der Waals surface area contributed by atoms with Crippen LogP contribution >= 0.6 is 11.6 Å². The predicted octanol–water partition coefficient (Wildman–Crippen LogP) is 7.12. The number of nitrogens with zero attached hydrogens (tertiary/aromatic N) is 7. The summed E-state index contributed by atoms with van der Waals surface area (Å²) in [5.74, 6) is -1.83. The van der Waals surface area contributed by atoms with E-state index < -0.39 is 57.9 Å². The van der Waals surface area contributed by atoms with Crippen molar-refractivity contribution in [2.75, 3.05) is 17.7 Å². The van der Waals surface area contributed by atoms with Crippen LogP contribution in [0.25, 0.3) is 38.9 Å². The normalized spacial score (nSPS) is 12.3. The first kappa shape index (κ1) is 40.6. The fourth-order valence-electron chi connectivity index (χ4n) is 6.70. The Labute approximate surface area is 337 Å². The fraction of sp³-hybridized carbons (Fsp3) is 0.179. The van der Waals surface area contributed by atoms with Gasteiger partial charge in [-0.3, -0.25) is 14.0 Å². The number of amides is 1. The van der Waals surface area contributed by atoms with E-state index in [1.807, 2.05) is 0 Å². The molecule has 7 rings (SSSR count). The molecule has 7 aromatic rings. The first-order valence-corrected chi connectivity index (χ1v) is 19.6. The molecule has 0 unspecified atom stereocenters. The Balaban J connectivity index is 1.50. The second-order valence-electron chi connectivity index (χ2n) is 13.3. The van der Waals surface area contributed by atoms with Crippen molar-refractivity contribution in [3.8, 4) is 22.8 Å². The van der Waals surface area contributed by atoms with E-state index in [2.05, 4.69) is 20.4 Å². The summed E-state index contributed by atoms with van der Waals surface area (Å²) in [6.45, 7) is -0.181. The summed E-state index contributed by atoms with van der Waals surface area (Å²) in [6.07, 6.45) is -2.77. The summed E-state index contributed by atoms with van der Waals surface area (Å²) < 4.78 is 91.4. The van der Waals surface area contributed by atoms with Crippen LogP contribution in [0.4, 0.5) is 28.2 Å². The zero-order valence-corrected chi connectivity index (χ0v) is 32.6. The second kappa shape index (κ2) is 16.0. The third kappa shape index (κ3) is 8.24. The first-order chi connectivity index (χ1) is 28.0. The molecule has 1 amide bonds.